The first-order chi connectivity index (χ1) is 10.7. The van der Waals surface area contributed by atoms with Gasteiger partial charge in [0.2, 0.25) is 5.91 Å². The summed E-state index contributed by atoms with van der Waals surface area (Å²) in [6.45, 7) is 2.02. The maximum absolute atomic E-state index is 12.3. The molecule has 1 N–H and O–H groups in total. The lowest BCUT2D eigenvalue weighted by Gasteiger charge is -2.26. The minimum absolute atomic E-state index is 0.226. The molecule has 2 atom stereocenters. The van der Waals surface area contributed by atoms with Crippen LogP contribution in [0, 0.1) is 24.2 Å². The molecular formula is C19H16N2O. The summed E-state index contributed by atoms with van der Waals surface area (Å²) in [5.74, 6) is -1.16. The predicted molar refractivity (Wildman–Crippen MR) is 85.6 cm³/mol. The van der Waals surface area contributed by atoms with Crippen LogP contribution in [0.2, 0.25) is 0 Å². The van der Waals surface area contributed by atoms with E-state index in [2.05, 4.69) is 11.4 Å². The molecule has 0 bridgehead atoms. The van der Waals surface area contributed by atoms with Gasteiger partial charge in [-0.05, 0) is 18.1 Å². The zero-order valence-electron chi connectivity index (χ0n) is 12.3. The number of nitrogens with one attached hydrogen (secondary N) is 1. The van der Waals surface area contributed by atoms with E-state index in [1.807, 2.05) is 67.6 Å². The van der Waals surface area contributed by atoms with Crippen molar-refractivity contribution in [3.8, 4) is 6.07 Å². The van der Waals surface area contributed by atoms with E-state index in [1.165, 1.54) is 5.56 Å². The zero-order chi connectivity index (χ0) is 15.5. The van der Waals surface area contributed by atoms with Crippen LogP contribution >= 0.6 is 0 Å². The highest BCUT2D eigenvalue weighted by Crippen LogP contribution is 2.32. The fourth-order valence-corrected chi connectivity index (χ4v) is 2.70. The molecule has 0 unspecified atom stereocenters. The lowest BCUT2D eigenvalue weighted by molar-refractivity contribution is -0.122. The van der Waals surface area contributed by atoms with Gasteiger partial charge in [0.15, 0.2) is 0 Å². The summed E-state index contributed by atoms with van der Waals surface area (Å²) in [4.78, 5) is 12.3. The summed E-state index contributed by atoms with van der Waals surface area (Å²) < 4.78 is 0. The number of nitriles is 1. The lowest BCUT2D eigenvalue weighted by atomic mass is 9.82. The topological polar surface area (TPSA) is 52.9 Å². The van der Waals surface area contributed by atoms with Crippen molar-refractivity contribution in [2.45, 2.75) is 12.8 Å². The second-order valence-corrected chi connectivity index (χ2v) is 5.48. The van der Waals surface area contributed by atoms with Crippen LogP contribution in [-0.2, 0) is 4.79 Å². The quantitative estimate of drug-likeness (QED) is 0.921. The van der Waals surface area contributed by atoms with Gasteiger partial charge in [0, 0.05) is 11.6 Å². The van der Waals surface area contributed by atoms with Crippen molar-refractivity contribution in [2.24, 2.45) is 5.92 Å². The van der Waals surface area contributed by atoms with Gasteiger partial charge < -0.3 is 5.32 Å². The van der Waals surface area contributed by atoms with Crippen LogP contribution in [0.3, 0.4) is 0 Å². The van der Waals surface area contributed by atoms with Crippen LogP contribution < -0.4 is 5.32 Å². The molecule has 2 aromatic carbocycles. The number of benzene rings is 2. The van der Waals surface area contributed by atoms with E-state index in [-0.39, 0.29) is 11.8 Å². The summed E-state index contributed by atoms with van der Waals surface area (Å²) in [6, 6.07) is 19.8. The van der Waals surface area contributed by atoms with Crippen LogP contribution in [0.15, 0.2) is 60.7 Å². The van der Waals surface area contributed by atoms with Gasteiger partial charge in [0.1, 0.15) is 5.92 Å². The van der Waals surface area contributed by atoms with Gasteiger partial charge in [-0.25, -0.2) is 0 Å². The summed E-state index contributed by atoms with van der Waals surface area (Å²) in [5.41, 5.74) is 3.87. The monoisotopic (exact) mass is 288 g/mol. The maximum atomic E-state index is 12.3. The number of allylic oxidation sites excluding steroid dienone is 1. The molecule has 0 saturated carbocycles. The molecule has 0 fully saturated rings. The lowest BCUT2D eigenvalue weighted by Crippen LogP contribution is -2.36. The van der Waals surface area contributed by atoms with Crippen LogP contribution in [0.1, 0.15) is 22.6 Å². The standard InChI is InChI=1S/C19H16N2O/c1-13-7-9-15(10-8-13)18-11-16(14-5-3-2-4-6-14)17(12-20)19(22)21-18/h2-11,16-17H,1H3,(H,21,22)/t16-,17+/m0/s1. The Kier molecular flexibility index (Phi) is 3.76. The molecule has 108 valence electrons. The number of hydrogen-bond acceptors (Lipinski definition) is 2. The number of carbonyl (C=O) groups is 1. The molecule has 0 spiro atoms. The minimum Gasteiger partial charge on any atom is -0.325 e. The highest BCUT2D eigenvalue weighted by molar-refractivity contribution is 5.93. The average molecular weight is 288 g/mol. The molecule has 0 saturated heterocycles. The van der Waals surface area contributed by atoms with Crippen molar-refractivity contribution >= 4 is 11.6 Å². The van der Waals surface area contributed by atoms with Gasteiger partial charge in [-0.1, -0.05) is 66.2 Å². The van der Waals surface area contributed by atoms with Crippen molar-refractivity contribution in [2.75, 3.05) is 0 Å². The molecule has 22 heavy (non-hydrogen) atoms. The SMILES string of the molecule is Cc1ccc(C2=C[C@@H](c3ccccc3)[C@@H](C#N)C(=O)N2)cc1. The fraction of sp³-hybridized carbons (Fsp3) is 0.158. The molecule has 0 radical (unpaired) electrons. The number of amides is 1. The Morgan fingerprint density at radius 3 is 2.36 bits per heavy atom. The number of hydrogen-bond donors (Lipinski definition) is 1. The van der Waals surface area contributed by atoms with Crippen molar-refractivity contribution in [1.82, 2.24) is 5.32 Å². The van der Waals surface area contributed by atoms with Gasteiger partial charge in [-0.2, -0.15) is 5.26 Å². The summed E-state index contributed by atoms with van der Waals surface area (Å²) in [6.07, 6.45) is 1.98. The van der Waals surface area contributed by atoms with E-state index in [0.29, 0.717) is 0 Å². The highest BCUT2D eigenvalue weighted by Gasteiger charge is 2.33. The van der Waals surface area contributed by atoms with Gasteiger partial charge >= 0.3 is 0 Å². The number of aryl methyl sites for hydroxylation is 1. The van der Waals surface area contributed by atoms with Gasteiger partial charge in [-0.3, -0.25) is 4.79 Å². The van der Waals surface area contributed by atoms with E-state index in [1.54, 1.807) is 0 Å². The predicted octanol–water partition coefficient (Wildman–Crippen LogP) is 3.39. The van der Waals surface area contributed by atoms with Crippen LogP contribution in [0.5, 0.6) is 0 Å². The fourth-order valence-electron chi connectivity index (χ4n) is 2.70. The molecule has 3 nitrogen and oxygen atoms in total. The molecule has 3 heteroatoms. The summed E-state index contributed by atoms with van der Waals surface area (Å²) in [5, 5.41) is 12.2. The van der Waals surface area contributed by atoms with E-state index in [0.717, 1.165) is 16.8 Å². The second kappa shape index (κ2) is 5.87. The third-order valence-corrected chi connectivity index (χ3v) is 3.93. The third kappa shape index (κ3) is 2.64. The number of carbonyl (C=O) groups excluding carboxylic acids is 1. The van der Waals surface area contributed by atoms with E-state index in [4.69, 9.17) is 0 Å². The Balaban J connectivity index is 2.05. The first-order valence-corrected chi connectivity index (χ1v) is 7.23. The number of rotatable bonds is 2. The Morgan fingerprint density at radius 2 is 1.73 bits per heavy atom. The maximum Gasteiger partial charge on any atom is 0.242 e. The zero-order valence-corrected chi connectivity index (χ0v) is 12.3. The van der Waals surface area contributed by atoms with Crippen molar-refractivity contribution in [3.63, 3.8) is 0 Å². The molecule has 0 aliphatic carbocycles. The normalized spacial score (nSPS) is 20.7. The highest BCUT2D eigenvalue weighted by atomic mass is 16.2. The minimum atomic E-state index is -0.698. The van der Waals surface area contributed by atoms with Crippen molar-refractivity contribution < 1.29 is 4.79 Å². The summed E-state index contributed by atoms with van der Waals surface area (Å²) in [7, 11) is 0. The van der Waals surface area contributed by atoms with E-state index < -0.39 is 5.92 Å². The Labute approximate surface area is 129 Å². The molecule has 1 aliphatic rings. The largest absolute Gasteiger partial charge is 0.325 e. The van der Waals surface area contributed by atoms with Crippen LogP contribution in [0.25, 0.3) is 5.70 Å². The smallest absolute Gasteiger partial charge is 0.242 e. The van der Waals surface area contributed by atoms with Gasteiger partial charge in [0.05, 0.1) is 6.07 Å². The van der Waals surface area contributed by atoms with Gasteiger partial charge in [0.25, 0.3) is 0 Å². The van der Waals surface area contributed by atoms with Crippen LogP contribution in [0.4, 0.5) is 0 Å². The van der Waals surface area contributed by atoms with E-state index >= 15 is 0 Å². The molecule has 1 amide bonds. The van der Waals surface area contributed by atoms with Crippen molar-refractivity contribution in [3.05, 3.63) is 77.4 Å². The molecule has 1 aliphatic heterocycles. The Bertz CT molecular complexity index is 754. The molecule has 2 aromatic rings. The molecule has 0 aromatic heterocycles. The van der Waals surface area contributed by atoms with Crippen LogP contribution in [-0.4, -0.2) is 5.91 Å². The Morgan fingerprint density at radius 1 is 1.05 bits per heavy atom. The first-order valence-electron chi connectivity index (χ1n) is 7.23. The summed E-state index contributed by atoms with van der Waals surface area (Å²) >= 11 is 0. The van der Waals surface area contributed by atoms with Gasteiger partial charge in [-0.15, -0.1) is 0 Å². The Hall–Kier alpha value is -2.86. The molecular weight excluding hydrogens is 272 g/mol. The molecule has 1 heterocycles. The van der Waals surface area contributed by atoms with Crippen molar-refractivity contribution in [1.29, 1.82) is 5.26 Å². The average Bonchev–Trinajstić information content (AvgIpc) is 2.55. The van der Waals surface area contributed by atoms with E-state index in [9.17, 15) is 10.1 Å². The first kappa shape index (κ1) is 14.1. The third-order valence-electron chi connectivity index (χ3n) is 3.93. The molecule has 3 rings (SSSR count). The second-order valence-electron chi connectivity index (χ2n) is 5.48. The number of nitrogens with zero attached hydrogens (tertiary/aromatic N) is 1.